The van der Waals surface area contributed by atoms with E-state index in [1.807, 2.05) is 17.1 Å². The lowest BCUT2D eigenvalue weighted by molar-refractivity contribution is 0.0858. The molecule has 4 heterocycles. The Bertz CT molecular complexity index is 1310. The van der Waals surface area contributed by atoms with Gasteiger partial charge >= 0.3 is 6.03 Å². The van der Waals surface area contributed by atoms with Crippen LogP contribution in [0.25, 0.3) is 5.57 Å². The molecule has 1 aromatic heterocycles. The maximum absolute atomic E-state index is 13.6. The van der Waals surface area contributed by atoms with Gasteiger partial charge in [-0.15, -0.1) is 0 Å². The number of anilines is 1. The summed E-state index contributed by atoms with van der Waals surface area (Å²) in [7, 11) is 2.06. The number of H-pyrrole nitrogens is 1. The fraction of sp³-hybridized carbons (Fsp3) is 0.464. The molecular weight excluding hydrogens is 468 g/mol. The number of ether oxygens (including phenoxy) is 1. The van der Waals surface area contributed by atoms with Crippen LogP contribution >= 0.6 is 0 Å². The molecule has 2 fully saturated rings. The van der Waals surface area contributed by atoms with Crippen LogP contribution in [-0.2, 0) is 11.3 Å². The van der Waals surface area contributed by atoms with Crippen LogP contribution in [0.3, 0.4) is 0 Å². The van der Waals surface area contributed by atoms with E-state index < -0.39 is 0 Å². The van der Waals surface area contributed by atoms with Crippen LogP contribution in [0.15, 0.2) is 46.1 Å². The summed E-state index contributed by atoms with van der Waals surface area (Å²) in [6.07, 6.45) is 10.5. The van der Waals surface area contributed by atoms with Gasteiger partial charge in [-0.05, 0) is 50.1 Å². The highest BCUT2D eigenvalue weighted by molar-refractivity contribution is 6.09. The number of fused-ring (bicyclic) bond motifs is 1. The third-order valence-corrected chi connectivity index (χ3v) is 7.46. The molecule has 2 amide bonds. The summed E-state index contributed by atoms with van der Waals surface area (Å²) >= 11 is 0. The fourth-order valence-electron chi connectivity index (χ4n) is 5.11. The topological polar surface area (TPSA) is 93.3 Å². The number of urea groups is 1. The van der Waals surface area contributed by atoms with Gasteiger partial charge in [0, 0.05) is 44.0 Å². The number of piperazine rings is 1. The number of likely N-dealkylation sites (N-methyl/N-ethyl adjacent to an activating group) is 1. The van der Waals surface area contributed by atoms with Crippen molar-refractivity contribution < 1.29 is 14.3 Å². The Morgan fingerprint density at radius 1 is 1.22 bits per heavy atom. The lowest BCUT2D eigenvalue weighted by Crippen LogP contribution is -2.53. The second-order valence-corrected chi connectivity index (χ2v) is 10.3. The Morgan fingerprint density at radius 2 is 2.05 bits per heavy atom. The van der Waals surface area contributed by atoms with Crippen molar-refractivity contribution in [2.24, 2.45) is 10.9 Å². The van der Waals surface area contributed by atoms with Gasteiger partial charge in [-0.25, -0.2) is 4.79 Å². The van der Waals surface area contributed by atoms with Crippen molar-refractivity contribution >= 4 is 29.3 Å². The van der Waals surface area contributed by atoms with Crippen molar-refractivity contribution in [2.45, 2.75) is 25.8 Å². The number of aliphatic imine (C=N–C) groups is 1. The molecule has 1 aromatic rings. The smallest absolute Gasteiger partial charge is 0.320 e. The molecule has 6 rings (SSSR count). The second kappa shape index (κ2) is 9.94. The van der Waals surface area contributed by atoms with Crippen molar-refractivity contribution in [1.82, 2.24) is 19.7 Å². The minimum atomic E-state index is -0.0841. The van der Waals surface area contributed by atoms with Gasteiger partial charge in [0.25, 0.3) is 0 Å². The Morgan fingerprint density at radius 3 is 2.81 bits per heavy atom. The zero-order valence-electron chi connectivity index (χ0n) is 21.2. The molecule has 1 saturated carbocycles. The summed E-state index contributed by atoms with van der Waals surface area (Å²) in [6.45, 7) is 4.76. The maximum Gasteiger partial charge on any atom is 0.320 e. The first-order chi connectivity index (χ1) is 18.1. The van der Waals surface area contributed by atoms with E-state index >= 15 is 0 Å². The van der Waals surface area contributed by atoms with Crippen LogP contribution in [0.5, 0.6) is 0 Å². The first-order valence-electron chi connectivity index (χ1n) is 13.1. The van der Waals surface area contributed by atoms with E-state index in [0.717, 1.165) is 41.5 Å². The minimum Gasteiger partial charge on any atom is -0.491 e. The number of Topliss-reactive ketones (excluding diaryl/α,β-unsaturated/α-hetero) is 1. The average molecular weight is 501 g/mol. The molecule has 9 heteroatoms. The number of amides is 2. The van der Waals surface area contributed by atoms with E-state index in [2.05, 4.69) is 38.7 Å². The van der Waals surface area contributed by atoms with E-state index in [-0.39, 0.29) is 18.4 Å². The molecule has 2 N–H and O–H groups in total. The van der Waals surface area contributed by atoms with Crippen LogP contribution in [0.1, 0.15) is 41.0 Å². The predicted molar refractivity (Wildman–Crippen MR) is 141 cm³/mol. The molecule has 9 nitrogen and oxygen atoms in total. The number of aromatic amines is 1. The van der Waals surface area contributed by atoms with Crippen LogP contribution in [0.2, 0.25) is 0 Å². The highest BCUT2D eigenvalue weighted by Gasteiger charge is 2.36. The largest absolute Gasteiger partial charge is 0.491 e. The molecule has 3 aliphatic heterocycles. The van der Waals surface area contributed by atoms with Crippen molar-refractivity contribution in [2.75, 3.05) is 58.2 Å². The quantitative estimate of drug-likeness (QED) is 0.586. The number of rotatable bonds is 6. The minimum absolute atomic E-state index is 0.0559. The highest BCUT2D eigenvalue weighted by Crippen LogP contribution is 2.39. The number of hydrogen-bond donors (Lipinski definition) is 2. The van der Waals surface area contributed by atoms with E-state index in [4.69, 9.17) is 4.74 Å². The zero-order chi connectivity index (χ0) is 25.4. The number of nitrogens with one attached hydrogen (secondary N) is 2. The summed E-state index contributed by atoms with van der Waals surface area (Å²) in [6, 6.07) is -0.0822. The van der Waals surface area contributed by atoms with Gasteiger partial charge in [-0.2, -0.15) is 0 Å². The number of hydrogen-bond acceptors (Lipinski definition) is 6. The lowest BCUT2D eigenvalue weighted by atomic mass is 9.99. The molecule has 2 aliphatic carbocycles. The van der Waals surface area contributed by atoms with E-state index in [1.165, 1.54) is 12.8 Å². The molecule has 5 aliphatic rings. The monoisotopic (exact) mass is 500 g/mol. The molecule has 1 saturated heterocycles. The summed E-state index contributed by atoms with van der Waals surface area (Å²) in [5.74, 6) is 1.28. The van der Waals surface area contributed by atoms with Gasteiger partial charge < -0.3 is 29.7 Å². The van der Waals surface area contributed by atoms with Crippen LogP contribution < -0.4 is 5.32 Å². The molecule has 0 atom stereocenters. The molecule has 0 spiro atoms. The van der Waals surface area contributed by atoms with Gasteiger partial charge in [-0.3, -0.25) is 9.79 Å². The summed E-state index contributed by atoms with van der Waals surface area (Å²) < 4.78 is 6.19. The van der Waals surface area contributed by atoms with E-state index in [9.17, 15) is 9.59 Å². The summed E-state index contributed by atoms with van der Waals surface area (Å²) in [5.41, 5.74) is 10.6. The van der Waals surface area contributed by atoms with E-state index in [1.54, 1.807) is 17.2 Å². The first kappa shape index (κ1) is 23.6. The molecule has 0 unspecified atom stereocenters. The zero-order valence-corrected chi connectivity index (χ0v) is 21.2. The molecule has 37 heavy (non-hydrogen) atoms. The Labute approximate surface area is 216 Å². The van der Waals surface area contributed by atoms with Crippen molar-refractivity contribution in [3.05, 3.63) is 58.1 Å². The maximum atomic E-state index is 13.6. The standard InChI is InChI=1S/C28H32N6O3/c1-32-11-13-33(14-12-32)28(36)34-16-22-25(23(35)17-34)27(30-20-5-3-2-4-6-20)26(31-22)21-9-10-29-15-24(21)37-18-19-7-8-19/h2-3,5,15,19,30-31H,7-14,16-18H2,1H3. The van der Waals surface area contributed by atoms with Crippen LogP contribution in [0, 0.1) is 5.92 Å². The number of nitrogens with zero attached hydrogens (tertiary/aromatic N) is 4. The SMILES string of the molecule is CN1CCN(C(=O)N2CC(=O)c3c([nH]c(C4=C(OCC5CC5)C=NCC4)c3NC3=C=C=CC=C3)C2)CC1. The second-order valence-electron chi connectivity index (χ2n) is 10.3. The number of dihydropyridines is 1. The van der Waals surface area contributed by atoms with Gasteiger partial charge in [-0.1, -0.05) is 11.8 Å². The van der Waals surface area contributed by atoms with Gasteiger partial charge in [0.05, 0.1) is 48.6 Å². The fourth-order valence-corrected chi connectivity index (χ4v) is 5.11. The molecule has 0 bridgehead atoms. The van der Waals surface area contributed by atoms with Crippen LogP contribution in [-0.4, -0.2) is 90.6 Å². The normalized spacial score (nSPS) is 21.4. The summed E-state index contributed by atoms with van der Waals surface area (Å²) in [5, 5.41) is 3.43. The third kappa shape index (κ3) is 4.94. The summed E-state index contributed by atoms with van der Waals surface area (Å²) in [4.78, 5) is 40.6. The predicted octanol–water partition coefficient (Wildman–Crippen LogP) is 3.17. The van der Waals surface area contributed by atoms with Crippen molar-refractivity contribution in [3.8, 4) is 0 Å². The number of ketones is 1. The number of aromatic nitrogens is 1. The third-order valence-electron chi connectivity index (χ3n) is 7.46. The average Bonchev–Trinajstić information content (AvgIpc) is 3.68. The number of carbonyl (C=O) groups is 2. The highest BCUT2D eigenvalue weighted by atomic mass is 16.5. The van der Waals surface area contributed by atoms with Gasteiger partial charge in [0.2, 0.25) is 0 Å². The lowest BCUT2D eigenvalue weighted by Gasteiger charge is -2.37. The Balaban J connectivity index is 1.36. The number of carbonyl (C=O) groups excluding carboxylic acids is 2. The van der Waals surface area contributed by atoms with E-state index in [0.29, 0.717) is 56.4 Å². The van der Waals surface area contributed by atoms with Crippen molar-refractivity contribution in [1.29, 1.82) is 0 Å². The van der Waals surface area contributed by atoms with Gasteiger partial charge in [0.1, 0.15) is 5.76 Å². The van der Waals surface area contributed by atoms with Gasteiger partial charge in [0.15, 0.2) is 5.78 Å². The van der Waals surface area contributed by atoms with Crippen LogP contribution in [0.4, 0.5) is 10.5 Å². The molecule has 0 aromatic carbocycles. The Hall–Kier alpha value is -3.77. The molecule has 192 valence electrons. The first-order valence-corrected chi connectivity index (χ1v) is 13.1. The molecule has 0 radical (unpaired) electrons. The number of allylic oxidation sites excluding steroid dienone is 4. The molecular formula is C28H32N6O3. The van der Waals surface area contributed by atoms with Crippen molar-refractivity contribution in [3.63, 3.8) is 0 Å². The Kier molecular flexibility index (Phi) is 6.35.